The Labute approximate surface area is 246 Å². The average Bonchev–Trinajstić information content (AvgIpc) is 2.87. The highest BCUT2D eigenvalue weighted by molar-refractivity contribution is 6.74. The van der Waals surface area contributed by atoms with E-state index in [1.54, 1.807) is 38.3 Å². The first-order valence-corrected chi connectivity index (χ1v) is 17.0. The van der Waals surface area contributed by atoms with E-state index >= 15 is 0 Å². The van der Waals surface area contributed by atoms with Crippen molar-refractivity contribution in [3.63, 3.8) is 0 Å². The number of hydrogen-bond donors (Lipinski definition) is 2. The molecule has 228 valence electrons. The summed E-state index contributed by atoms with van der Waals surface area (Å²) in [7, 11) is -0.893. The highest BCUT2D eigenvalue weighted by Gasteiger charge is 2.59. The van der Waals surface area contributed by atoms with E-state index in [2.05, 4.69) is 33.9 Å². The number of carbonyl (C=O) groups excluding carboxylic acids is 1. The number of rotatable bonds is 12. The number of ether oxygens (including phenoxy) is 3. The summed E-state index contributed by atoms with van der Waals surface area (Å²) in [5.41, 5.74) is -1.24. The van der Waals surface area contributed by atoms with E-state index in [1.807, 2.05) is 39.0 Å². The molecule has 1 aromatic carbocycles. The van der Waals surface area contributed by atoms with Gasteiger partial charge in [0.2, 0.25) is 0 Å². The van der Waals surface area contributed by atoms with Gasteiger partial charge in [0.25, 0.3) is 0 Å². The minimum absolute atomic E-state index is 0.0336. The van der Waals surface area contributed by atoms with Gasteiger partial charge in [-0.25, -0.2) is 4.79 Å². The highest BCUT2D eigenvalue weighted by Crippen LogP contribution is 2.46. The molecule has 0 unspecified atom stereocenters. The van der Waals surface area contributed by atoms with Crippen molar-refractivity contribution in [2.45, 2.75) is 91.0 Å². The van der Waals surface area contributed by atoms with E-state index in [0.29, 0.717) is 11.3 Å². The molecule has 8 nitrogen and oxygen atoms in total. The molecule has 4 atom stereocenters. The van der Waals surface area contributed by atoms with Gasteiger partial charge in [-0.3, -0.25) is 4.79 Å². The van der Waals surface area contributed by atoms with Crippen LogP contribution >= 0.6 is 0 Å². The fourth-order valence-corrected chi connectivity index (χ4v) is 5.75. The molecular weight excluding hydrogens is 540 g/mol. The van der Waals surface area contributed by atoms with E-state index in [0.717, 1.165) is 5.56 Å². The summed E-state index contributed by atoms with van der Waals surface area (Å²) >= 11 is 0. The predicted molar refractivity (Wildman–Crippen MR) is 162 cm³/mol. The summed E-state index contributed by atoms with van der Waals surface area (Å²) in [5, 5.41) is 22.8. The third kappa shape index (κ3) is 8.19. The third-order valence-corrected chi connectivity index (χ3v) is 12.3. The van der Waals surface area contributed by atoms with Crippen molar-refractivity contribution in [1.29, 1.82) is 0 Å². The van der Waals surface area contributed by atoms with Crippen molar-refractivity contribution in [1.82, 2.24) is 0 Å². The SMILES string of the molecule is CCOC(=O)[C@@H]1C=C(C)[C@@H](O[Si](C)(C)C(C)(C)C)[C@H](OCc2ccc(OC)cc2)[C@@]1(O)/C(=C/C=C\C(C)C)C(=O)O. The fraction of sp³-hybridized carbons (Fsp3) is 0.562. The summed E-state index contributed by atoms with van der Waals surface area (Å²) < 4.78 is 23.9. The Morgan fingerprint density at radius 1 is 1.15 bits per heavy atom. The largest absolute Gasteiger partial charge is 0.497 e. The summed E-state index contributed by atoms with van der Waals surface area (Å²) in [4.78, 5) is 26.1. The van der Waals surface area contributed by atoms with Crippen LogP contribution in [-0.4, -0.2) is 62.0 Å². The smallest absolute Gasteiger partial charge is 0.334 e. The van der Waals surface area contributed by atoms with Gasteiger partial charge in [-0.15, -0.1) is 0 Å². The van der Waals surface area contributed by atoms with Crippen molar-refractivity contribution in [3.8, 4) is 5.75 Å². The first-order valence-electron chi connectivity index (χ1n) is 14.1. The highest BCUT2D eigenvalue weighted by atomic mass is 28.4. The summed E-state index contributed by atoms with van der Waals surface area (Å²) in [5.74, 6) is -2.62. The molecule has 0 saturated heterocycles. The van der Waals surface area contributed by atoms with E-state index in [1.165, 1.54) is 6.08 Å². The molecule has 0 bridgehead atoms. The van der Waals surface area contributed by atoms with E-state index in [4.69, 9.17) is 18.6 Å². The van der Waals surface area contributed by atoms with E-state index < -0.39 is 44.0 Å². The molecule has 0 saturated carbocycles. The molecule has 0 aromatic heterocycles. The minimum atomic E-state index is -2.47. The van der Waals surface area contributed by atoms with Gasteiger partial charge in [0.1, 0.15) is 23.4 Å². The number of carboxylic acid groups (broad SMARTS) is 1. The van der Waals surface area contributed by atoms with Gasteiger partial charge in [-0.05, 0) is 67.2 Å². The van der Waals surface area contributed by atoms with Gasteiger partial charge in [0.05, 0.1) is 32.0 Å². The van der Waals surface area contributed by atoms with Gasteiger partial charge in [0.15, 0.2) is 8.32 Å². The van der Waals surface area contributed by atoms with Crippen LogP contribution in [0.4, 0.5) is 0 Å². The number of methoxy groups -OCH3 is 1. The van der Waals surface area contributed by atoms with Crippen LogP contribution in [0.15, 0.2) is 59.7 Å². The van der Waals surface area contributed by atoms with E-state index in [9.17, 15) is 19.8 Å². The van der Waals surface area contributed by atoms with Crippen LogP contribution < -0.4 is 4.74 Å². The number of esters is 1. The first-order chi connectivity index (χ1) is 19.0. The maximum Gasteiger partial charge on any atom is 0.334 e. The van der Waals surface area contributed by atoms with Crippen LogP contribution in [0.2, 0.25) is 18.1 Å². The number of aliphatic carboxylic acids is 1. The van der Waals surface area contributed by atoms with Gasteiger partial charge < -0.3 is 28.8 Å². The van der Waals surface area contributed by atoms with Crippen molar-refractivity contribution in [2.24, 2.45) is 11.8 Å². The summed E-state index contributed by atoms with van der Waals surface area (Å²) in [6, 6.07) is 7.24. The Hall–Kier alpha value is -2.72. The molecule has 2 rings (SSSR count). The van der Waals surface area contributed by atoms with Gasteiger partial charge in [-0.2, -0.15) is 0 Å². The molecule has 0 aliphatic heterocycles. The normalized spacial score (nSPS) is 24.0. The van der Waals surface area contributed by atoms with Crippen LogP contribution in [0.5, 0.6) is 5.75 Å². The van der Waals surface area contributed by atoms with Crippen molar-refractivity contribution >= 4 is 20.3 Å². The lowest BCUT2D eigenvalue weighted by Crippen LogP contribution is -2.64. The number of hydrogen-bond acceptors (Lipinski definition) is 7. The molecule has 0 heterocycles. The Balaban J connectivity index is 2.80. The number of carboxylic acids is 1. The van der Waals surface area contributed by atoms with Crippen LogP contribution in [-0.2, 0) is 30.1 Å². The molecular formula is C32H48O8Si. The monoisotopic (exact) mass is 588 g/mol. The molecule has 0 amide bonds. The first kappa shape index (κ1) is 34.5. The number of allylic oxidation sites excluding steroid dienone is 3. The Bertz CT molecular complexity index is 1140. The van der Waals surface area contributed by atoms with Crippen molar-refractivity contribution in [3.05, 3.63) is 65.3 Å². The number of aliphatic hydroxyl groups is 1. The second kappa shape index (κ2) is 14.0. The van der Waals surface area contributed by atoms with Gasteiger partial charge in [0, 0.05) is 0 Å². The third-order valence-electron chi connectivity index (χ3n) is 7.84. The Kier molecular flexibility index (Phi) is 11.7. The molecule has 0 spiro atoms. The second-order valence-corrected chi connectivity index (χ2v) is 17.1. The lowest BCUT2D eigenvalue weighted by molar-refractivity contribution is -0.181. The van der Waals surface area contributed by atoms with Crippen LogP contribution in [0.25, 0.3) is 0 Å². The molecule has 41 heavy (non-hydrogen) atoms. The van der Waals surface area contributed by atoms with Gasteiger partial charge in [-0.1, -0.05) is 65.0 Å². The zero-order valence-electron chi connectivity index (χ0n) is 26.2. The predicted octanol–water partition coefficient (Wildman–Crippen LogP) is 6.06. The van der Waals surface area contributed by atoms with Crippen molar-refractivity contribution in [2.75, 3.05) is 13.7 Å². The molecule has 1 aliphatic carbocycles. The maximum absolute atomic E-state index is 13.3. The molecule has 9 heteroatoms. The minimum Gasteiger partial charge on any atom is -0.497 e. The summed E-state index contributed by atoms with van der Waals surface area (Å²) in [6.07, 6.45) is 4.26. The number of benzene rings is 1. The molecule has 0 radical (unpaired) electrons. The van der Waals surface area contributed by atoms with Crippen molar-refractivity contribution < 1.29 is 38.4 Å². The summed E-state index contributed by atoms with van der Waals surface area (Å²) in [6.45, 7) is 17.9. The topological polar surface area (TPSA) is 112 Å². The average molecular weight is 589 g/mol. The van der Waals surface area contributed by atoms with Crippen LogP contribution in [0.3, 0.4) is 0 Å². The maximum atomic E-state index is 13.3. The zero-order chi connectivity index (χ0) is 31.2. The van der Waals surface area contributed by atoms with Crippen LogP contribution in [0.1, 0.15) is 54.0 Å². The fourth-order valence-electron chi connectivity index (χ4n) is 4.45. The Morgan fingerprint density at radius 2 is 1.76 bits per heavy atom. The second-order valence-electron chi connectivity index (χ2n) is 12.4. The molecule has 2 N–H and O–H groups in total. The quantitative estimate of drug-likeness (QED) is 0.0996. The molecule has 0 fully saturated rings. The number of carbonyl (C=O) groups is 2. The lowest BCUT2D eigenvalue weighted by Gasteiger charge is -2.50. The standard InChI is InChI=1S/C32H48O8Si/c1-11-38-30(35)26-19-22(4)27(40-41(9,10)31(5,6)7)28(39-20-23-15-17-24(37-8)18-16-23)32(26,36)25(29(33)34)14-12-13-21(2)3/h12-19,21,26-28,36H,11,20H2,1-10H3,(H,33,34)/b13-12-,25-14+/t26-,27+,28-,32+/m0/s1. The Morgan fingerprint density at radius 3 is 2.24 bits per heavy atom. The van der Waals surface area contributed by atoms with E-state index in [-0.39, 0.29) is 29.7 Å². The molecule has 1 aromatic rings. The molecule has 1 aliphatic rings. The zero-order valence-corrected chi connectivity index (χ0v) is 27.2. The van der Waals surface area contributed by atoms with Crippen LogP contribution in [0, 0.1) is 11.8 Å². The lowest BCUT2D eigenvalue weighted by atomic mass is 9.69. The van der Waals surface area contributed by atoms with Gasteiger partial charge >= 0.3 is 11.9 Å².